The molecule has 38 heavy (non-hydrogen) atoms. The summed E-state index contributed by atoms with van der Waals surface area (Å²) in [5, 5.41) is 7.89. The van der Waals surface area contributed by atoms with Crippen molar-refractivity contribution in [2.45, 2.75) is 33.6 Å². The first-order valence-corrected chi connectivity index (χ1v) is 12.9. The average molecular weight is 511 g/mol. The van der Waals surface area contributed by atoms with E-state index in [1.54, 1.807) is 21.7 Å². The number of para-hydroxylation sites is 2. The highest BCUT2D eigenvalue weighted by atomic mass is 16.5. The fraction of sp³-hybridized carbons (Fsp3) is 0.258. The number of carbonyl (C=O) groups excluding carboxylic acids is 2. The van der Waals surface area contributed by atoms with Gasteiger partial charge in [-0.25, -0.2) is 4.68 Å². The number of aryl methyl sites for hydroxylation is 2. The molecule has 0 fully saturated rings. The van der Waals surface area contributed by atoms with Gasteiger partial charge in [-0.15, -0.1) is 0 Å². The van der Waals surface area contributed by atoms with Gasteiger partial charge < -0.3 is 15.0 Å². The van der Waals surface area contributed by atoms with E-state index in [2.05, 4.69) is 12.2 Å². The molecule has 7 nitrogen and oxygen atoms in total. The summed E-state index contributed by atoms with van der Waals surface area (Å²) < 4.78 is 7.44. The van der Waals surface area contributed by atoms with Crippen LogP contribution in [0.1, 0.15) is 31.0 Å². The summed E-state index contributed by atoms with van der Waals surface area (Å²) in [7, 11) is 0. The van der Waals surface area contributed by atoms with E-state index in [0.29, 0.717) is 18.1 Å². The van der Waals surface area contributed by atoms with E-state index in [4.69, 9.17) is 9.84 Å². The summed E-state index contributed by atoms with van der Waals surface area (Å²) in [6.07, 6.45) is 1.70. The minimum atomic E-state index is -0.291. The third-order valence-corrected chi connectivity index (χ3v) is 6.30. The van der Waals surface area contributed by atoms with E-state index in [1.807, 2.05) is 86.6 Å². The molecule has 4 aromatic rings. The molecular weight excluding hydrogens is 476 g/mol. The van der Waals surface area contributed by atoms with Gasteiger partial charge in [-0.3, -0.25) is 9.59 Å². The van der Waals surface area contributed by atoms with Crippen LogP contribution in [0.2, 0.25) is 0 Å². The smallest absolute Gasteiger partial charge is 0.260 e. The number of nitrogens with zero attached hydrogens (tertiary/aromatic N) is 3. The number of rotatable bonds is 11. The van der Waals surface area contributed by atoms with Crippen LogP contribution in [0.25, 0.3) is 16.8 Å². The Morgan fingerprint density at radius 3 is 2.26 bits per heavy atom. The molecule has 4 rings (SSSR count). The van der Waals surface area contributed by atoms with Crippen molar-refractivity contribution in [2.24, 2.45) is 0 Å². The Morgan fingerprint density at radius 2 is 1.58 bits per heavy atom. The van der Waals surface area contributed by atoms with Crippen molar-refractivity contribution in [1.29, 1.82) is 0 Å². The summed E-state index contributed by atoms with van der Waals surface area (Å²) in [4.78, 5) is 28.0. The molecule has 0 bridgehead atoms. The molecular formula is C31H34N4O3. The number of anilines is 1. The summed E-state index contributed by atoms with van der Waals surface area (Å²) in [6.45, 7) is 6.27. The van der Waals surface area contributed by atoms with E-state index in [-0.39, 0.29) is 25.0 Å². The Labute approximate surface area is 224 Å². The third kappa shape index (κ3) is 6.48. The van der Waals surface area contributed by atoms with Crippen molar-refractivity contribution in [3.8, 4) is 22.6 Å². The standard InChI is InChI=1S/C31H34N4O3/c1-4-5-20-34(29(37)22-38-26-17-10-7-11-18-26)21-28(36)32-31-30(25-15-8-6-9-16-25)24(3)33-35(31)27-19-13-12-14-23(27)2/h6-19H,4-5,20-22H2,1-3H3,(H,32,36). The van der Waals surface area contributed by atoms with Crippen LogP contribution in [0.4, 0.5) is 5.82 Å². The molecule has 0 saturated heterocycles. The van der Waals surface area contributed by atoms with Crippen molar-refractivity contribution >= 4 is 17.6 Å². The number of amides is 2. The number of benzene rings is 3. The highest BCUT2D eigenvalue weighted by Crippen LogP contribution is 2.34. The topological polar surface area (TPSA) is 76.5 Å². The van der Waals surface area contributed by atoms with Gasteiger partial charge >= 0.3 is 0 Å². The van der Waals surface area contributed by atoms with Crippen LogP contribution >= 0.6 is 0 Å². The number of aromatic nitrogens is 2. The molecule has 7 heteroatoms. The van der Waals surface area contributed by atoms with Crippen LogP contribution in [-0.2, 0) is 9.59 Å². The summed E-state index contributed by atoms with van der Waals surface area (Å²) in [6, 6.07) is 27.0. The number of hydrogen-bond donors (Lipinski definition) is 1. The second-order valence-corrected chi connectivity index (χ2v) is 9.19. The Balaban J connectivity index is 1.60. The number of carbonyl (C=O) groups is 2. The lowest BCUT2D eigenvalue weighted by molar-refractivity contribution is -0.136. The largest absolute Gasteiger partial charge is 0.484 e. The molecule has 2 amide bonds. The predicted octanol–water partition coefficient (Wildman–Crippen LogP) is 5.80. The molecule has 1 N–H and O–H groups in total. The zero-order valence-electron chi connectivity index (χ0n) is 22.2. The molecule has 3 aromatic carbocycles. The second kappa shape index (κ2) is 12.7. The van der Waals surface area contributed by atoms with Crippen LogP contribution in [0.5, 0.6) is 5.75 Å². The normalized spacial score (nSPS) is 10.7. The Hall–Kier alpha value is -4.39. The minimum absolute atomic E-state index is 0.0801. The average Bonchev–Trinajstić information content (AvgIpc) is 3.25. The van der Waals surface area contributed by atoms with E-state index in [1.165, 1.54) is 0 Å². The van der Waals surface area contributed by atoms with E-state index >= 15 is 0 Å². The molecule has 196 valence electrons. The van der Waals surface area contributed by atoms with Gasteiger partial charge in [0, 0.05) is 12.1 Å². The van der Waals surface area contributed by atoms with E-state index in [9.17, 15) is 9.59 Å². The molecule has 0 unspecified atom stereocenters. The predicted molar refractivity (Wildman–Crippen MR) is 151 cm³/mol. The molecule has 1 aromatic heterocycles. The van der Waals surface area contributed by atoms with Crippen molar-refractivity contribution < 1.29 is 14.3 Å². The molecule has 0 aliphatic carbocycles. The first kappa shape index (κ1) is 26.7. The maximum absolute atomic E-state index is 13.4. The molecule has 0 spiro atoms. The monoisotopic (exact) mass is 510 g/mol. The SMILES string of the molecule is CCCCN(CC(=O)Nc1c(-c2ccccc2)c(C)nn1-c1ccccc1C)C(=O)COc1ccccc1. The first-order chi connectivity index (χ1) is 18.5. The summed E-state index contributed by atoms with van der Waals surface area (Å²) in [5.41, 5.74) is 4.51. The fourth-order valence-electron chi connectivity index (χ4n) is 4.31. The van der Waals surface area contributed by atoms with Gasteiger partial charge in [0.2, 0.25) is 5.91 Å². The Bertz CT molecular complexity index is 1370. The molecule has 0 atom stereocenters. The van der Waals surface area contributed by atoms with Crippen LogP contribution in [0.15, 0.2) is 84.9 Å². The number of nitrogens with one attached hydrogen (secondary N) is 1. The highest BCUT2D eigenvalue weighted by Gasteiger charge is 2.23. The quantitative estimate of drug-likeness (QED) is 0.277. The van der Waals surface area contributed by atoms with Crippen molar-refractivity contribution in [3.05, 3.63) is 96.2 Å². The van der Waals surface area contributed by atoms with Gasteiger partial charge in [-0.1, -0.05) is 80.1 Å². The maximum Gasteiger partial charge on any atom is 0.260 e. The first-order valence-electron chi connectivity index (χ1n) is 12.9. The fourth-order valence-corrected chi connectivity index (χ4v) is 4.31. The molecule has 1 heterocycles. The van der Waals surface area contributed by atoms with Crippen molar-refractivity contribution in [1.82, 2.24) is 14.7 Å². The molecule has 0 saturated carbocycles. The summed E-state index contributed by atoms with van der Waals surface area (Å²) >= 11 is 0. The van der Waals surface area contributed by atoms with Gasteiger partial charge in [0.05, 0.1) is 11.4 Å². The lowest BCUT2D eigenvalue weighted by Crippen LogP contribution is -2.41. The number of hydrogen-bond acceptors (Lipinski definition) is 4. The maximum atomic E-state index is 13.4. The zero-order chi connectivity index (χ0) is 26.9. The lowest BCUT2D eigenvalue weighted by Gasteiger charge is -2.22. The Morgan fingerprint density at radius 1 is 0.921 bits per heavy atom. The molecule has 0 aliphatic rings. The minimum Gasteiger partial charge on any atom is -0.484 e. The van der Waals surface area contributed by atoms with Crippen LogP contribution < -0.4 is 10.1 Å². The van der Waals surface area contributed by atoms with Crippen molar-refractivity contribution in [2.75, 3.05) is 25.0 Å². The summed E-state index contributed by atoms with van der Waals surface area (Å²) in [5.74, 6) is 0.674. The number of unbranched alkanes of at least 4 members (excludes halogenated alkanes) is 1. The van der Waals surface area contributed by atoms with Crippen LogP contribution in [0.3, 0.4) is 0 Å². The third-order valence-electron chi connectivity index (χ3n) is 6.30. The number of ether oxygens (including phenoxy) is 1. The van der Waals surface area contributed by atoms with Crippen LogP contribution in [0, 0.1) is 13.8 Å². The Kier molecular flexibility index (Phi) is 8.93. The molecule has 0 radical (unpaired) electrons. The highest BCUT2D eigenvalue weighted by molar-refractivity contribution is 5.98. The van der Waals surface area contributed by atoms with Gasteiger partial charge in [-0.05, 0) is 49.6 Å². The lowest BCUT2D eigenvalue weighted by atomic mass is 10.1. The second-order valence-electron chi connectivity index (χ2n) is 9.19. The van der Waals surface area contributed by atoms with Gasteiger partial charge in [0.25, 0.3) is 5.91 Å². The van der Waals surface area contributed by atoms with Gasteiger partial charge in [0.1, 0.15) is 18.1 Å². The van der Waals surface area contributed by atoms with Crippen LogP contribution in [-0.4, -0.2) is 46.2 Å². The zero-order valence-corrected chi connectivity index (χ0v) is 22.2. The van der Waals surface area contributed by atoms with Gasteiger partial charge in [0.15, 0.2) is 6.61 Å². The van der Waals surface area contributed by atoms with Gasteiger partial charge in [-0.2, -0.15) is 5.10 Å². The van der Waals surface area contributed by atoms with Crippen molar-refractivity contribution in [3.63, 3.8) is 0 Å². The van der Waals surface area contributed by atoms with E-state index in [0.717, 1.165) is 40.9 Å². The van der Waals surface area contributed by atoms with E-state index < -0.39 is 0 Å². The molecule has 0 aliphatic heterocycles.